The Morgan fingerprint density at radius 2 is 2.06 bits per heavy atom. The van der Waals surface area contributed by atoms with Crippen molar-refractivity contribution < 1.29 is 13.9 Å². The Balaban J connectivity index is 1.48. The summed E-state index contributed by atoms with van der Waals surface area (Å²) in [5.74, 6) is 1.32. The van der Waals surface area contributed by atoms with Crippen molar-refractivity contribution >= 4 is 11.7 Å². The van der Waals surface area contributed by atoms with Gasteiger partial charge in [-0.2, -0.15) is 9.78 Å². The first-order valence-electron chi connectivity index (χ1n) is 10.4. The zero-order chi connectivity index (χ0) is 22.1. The summed E-state index contributed by atoms with van der Waals surface area (Å²) >= 11 is 0. The minimum Gasteiger partial charge on any atom is -0.481 e. The van der Waals surface area contributed by atoms with Crippen LogP contribution in [0.5, 0.6) is 5.75 Å². The molecule has 9 heteroatoms. The Labute approximate surface area is 183 Å². The second kappa shape index (κ2) is 8.18. The number of aryl methyl sites for hydroxylation is 1. The van der Waals surface area contributed by atoms with Crippen molar-refractivity contribution in [3.63, 3.8) is 0 Å². The summed E-state index contributed by atoms with van der Waals surface area (Å²) in [5.41, 5.74) is 1.78. The van der Waals surface area contributed by atoms with Crippen molar-refractivity contribution in [1.29, 1.82) is 0 Å². The number of carbonyl (C=O) groups is 1. The third kappa shape index (κ3) is 3.80. The normalized spacial score (nSPS) is 13.5. The number of ether oxygens (including phenoxy) is 1. The molecule has 1 amide bonds. The van der Waals surface area contributed by atoms with Crippen LogP contribution in [0.2, 0.25) is 0 Å². The van der Waals surface area contributed by atoms with Crippen LogP contribution in [-0.4, -0.2) is 31.8 Å². The molecular weight excluding hydrogens is 410 g/mol. The third-order valence-electron chi connectivity index (χ3n) is 5.29. The maximum atomic E-state index is 12.9. The van der Waals surface area contributed by atoms with Crippen LogP contribution in [0, 0.1) is 0 Å². The summed E-state index contributed by atoms with van der Waals surface area (Å²) in [5, 5.41) is 7.35. The highest BCUT2D eigenvalue weighted by atomic mass is 16.5. The largest absolute Gasteiger partial charge is 0.481 e. The van der Waals surface area contributed by atoms with Crippen molar-refractivity contribution in [1.82, 2.24) is 19.7 Å². The van der Waals surface area contributed by atoms with Gasteiger partial charge in [0.2, 0.25) is 5.95 Å². The molecule has 0 bridgehead atoms. The molecule has 2 N–H and O–H groups in total. The minimum absolute atomic E-state index is 0.185. The van der Waals surface area contributed by atoms with Crippen LogP contribution in [0.3, 0.4) is 0 Å². The van der Waals surface area contributed by atoms with Gasteiger partial charge in [0.05, 0.1) is 12.0 Å². The average Bonchev–Trinajstić information content (AvgIpc) is 3.55. The number of carbonyl (C=O) groups excluding carboxylic acids is 1. The van der Waals surface area contributed by atoms with Gasteiger partial charge >= 0.3 is 0 Å². The first-order chi connectivity index (χ1) is 15.6. The molecule has 1 aromatic carbocycles. The highest BCUT2D eigenvalue weighted by Crippen LogP contribution is 2.25. The number of aromatic amines is 1. The summed E-state index contributed by atoms with van der Waals surface area (Å²) in [4.78, 5) is 32.8. The number of hydrogen-bond donors (Lipinski definition) is 2. The van der Waals surface area contributed by atoms with Crippen molar-refractivity contribution in [2.75, 3.05) is 5.32 Å². The molecular formula is C23H21N5O4. The lowest BCUT2D eigenvalue weighted by Gasteiger charge is -2.15. The van der Waals surface area contributed by atoms with E-state index in [9.17, 15) is 9.59 Å². The van der Waals surface area contributed by atoms with E-state index >= 15 is 0 Å². The predicted octanol–water partition coefficient (Wildman–Crippen LogP) is 3.11. The summed E-state index contributed by atoms with van der Waals surface area (Å²) < 4.78 is 12.6. The fraction of sp³-hybridized carbons (Fsp3) is 0.217. The number of nitrogens with zero attached hydrogens (tertiary/aromatic N) is 3. The number of para-hydroxylation sites is 1. The summed E-state index contributed by atoms with van der Waals surface area (Å²) in [7, 11) is 0. The molecule has 162 valence electrons. The zero-order valence-corrected chi connectivity index (χ0v) is 17.4. The molecule has 1 aliphatic carbocycles. The van der Waals surface area contributed by atoms with E-state index < -0.39 is 6.10 Å². The number of fused-ring (bicyclic) bond motifs is 1. The van der Waals surface area contributed by atoms with Gasteiger partial charge in [0.15, 0.2) is 11.9 Å². The lowest BCUT2D eigenvalue weighted by atomic mass is 10.3. The molecule has 0 saturated heterocycles. The Morgan fingerprint density at radius 3 is 2.84 bits per heavy atom. The van der Waals surface area contributed by atoms with Crippen molar-refractivity contribution in [3.8, 4) is 23.2 Å². The van der Waals surface area contributed by atoms with E-state index in [0.717, 1.165) is 18.5 Å². The van der Waals surface area contributed by atoms with Crippen LogP contribution in [0.15, 0.2) is 64.0 Å². The number of H-pyrrole nitrogens is 1. The topological polar surface area (TPSA) is 115 Å². The monoisotopic (exact) mass is 431 g/mol. The molecule has 0 aliphatic heterocycles. The second-order valence-corrected chi connectivity index (χ2v) is 7.53. The molecule has 3 aromatic heterocycles. The van der Waals surface area contributed by atoms with Gasteiger partial charge in [-0.15, -0.1) is 0 Å². The van der Waals surface area contributed by atoms with Gasteiger partial charge in [-0.25, -0.2) is 4.98 Å². The minimum atomic E-state index is -0.764. The van der Waals surface area contributed by atoms with Gasteiger partial charge < -0.3 is 14.5 Å². The molecule has 1 atom stereocenters. The summed E-state index contributed by atoms with van der Waals surface area (Å²) in [6.07, 6.45) is 3.12. The highest BCUT2D eigenvalue weighted by molar-refractivity contribution is 5.94. The van der Waals surface area contributed by atoms with Gasteiger partial charge in [0, 0.05) is 11.6 Å². The van der Waals surface area contributed by atoms with Gasteiger partial charge in [-0.3, -0.25) is 14.6 Å². The number of rotatable bonds is 6. The fourth-order valence-corrected chi connectivity index (χ4v) is 3.69. The van der Waals surface area contributed by atoms with Gasteiger partial charge in [-0.1, -0.05) is 18.2 Å². The molecule has 0 spiro atoms. The molecule has 5 rings (SSSR count). The number of amides is 1. The molecule has 1 unspecified atom stereocenters. The molecule has 0 saturated carbocycles. The molecule has 9 nitrogen and oxygen atoms in total. The highest BCUT2D eigenvalue weighted by Gasteiger charge is 2.23. The number of aromatic nitrogens is 4. The molecule has 4 aromatic rings. The van der Waals surface area contributed by atoms with Crippen molar-refractivity contribution in [2.24, 2.45) is 0 Å². The Kier molecular flexibility index (Phi) is 5.06. The van der Waals surface area contributed by atoms with Crippen LogP contribution >= 0.6 is 0 Å². The molecule has 1 aliphatic rings. The van der Waals surface area contributed by atoms with Gasteiger partial charge in [0.25, 0.3) is 11.5 Å². The van der Waals surface area contributed by atoms with Crippen molar-refractivity contribution in [3.05, 3.63) is 76.4 Å². The number of benzene rings is 1. The van der Waals surface area contributed by atoms with Crippen LogP contribution < -0.4 is 15.6 Å². The smallest absolute Gasteiger partial charge is 0.266 e. The Bertz CT molecular complexity index is 1310. The quantitative estimate of drug-likeness (QED) is 0.485. The Hall–Kier alpha value is -4.14. The zero-order valence-electron chi connectivity index (χ0n) is 17.4. The van der Waals surface area contributed by atoms with Crippen LogP contribution in [0.4, 0.5) is 5.82 Å². The first kappa shape index (κ1) is 19.8. The van der Waals surface area contributed by atoms with Crippen LogP contribution in [0.25, 0.3) is 17.4 Å². The number of furan rings is 1. The summed E-state index contributed by atoms with van der Waals surface area (Å²) in [6, 6.07) is 14.3. The van der Waals surface area contributed by atoms with Gasteiger partial charge in [-0.05, 0) is 50.5 Å². The van der Waals surface area contributed by atoms with E-state index in [0.29, 0.717) is 35.0 Å². The first-order valence-corrected chi connectivity index (χ1v) is 10.4. The second-order valence-electron chi connectivity index (χ2n) is 7.53. The van der Waals surface area contributed by atoms with E-state index in [1.807, 2.05) is 18.2 Å². The lowest BCUT2D eigenvalue weighted by Crippen LogP contribution is -2.31. The third-order valence-corrected chi connectivity index (χ3v) is 5.29. The van der Waals surface area contributed by atoms with E-state index in [2.05, 4.69) is 20.4 Å². The number of hydrogen-bond acceptors (Lipinski definition) is 6. The van der Waals surface area contributed by atoms with E-state index in [4.69, 9.17) is 9.15 Å². The van der Waals surface area contributed by atoms with E-state index in [1.54, 1.807) is 37.3 Å². The molecule has 0 radical (unpaired) electrons. The summed E-state index contributed by atoms with van der Waals surface area (Å²) in [6.45, 7) is 1.66. The molecule has 32 heavy (non-hydrogen) atoms. The maximum Gasteiger partial charge on any atom is 0.266 e. The average molecular weight is 431 g/mol. The molecule has 0 fully saturated rings. The van der Waals surface area contributed by atoms with Crippen molar-refractivity contribution in [2.45, 2.75) is 32.3 Å². The fourth-order valence-electron chi connectivity index (χ4n) is 3.69. The number of anilines is 1. The van der Waals surface area contributed by atoms with Gasteiger partial charge in [0.1, 0.15) is 17.3 Å². The van der Waals surface area contributed by atoms with E-state index in [-0.39, 0.29) is 17.4 Å². The van der Waals surface area contributed by atoms with Crippen LogP contribution in [-0.2, 0) is 17.6 Å². The molecule has 3 heterocycles. The standard InChI is InChI=1S/C23H21N5O4/c1-14(32-15-7-3-2-4-8-15)21(29)25-20-13-18(19-11-6-12-31-19)27-28(20)23-24-17-10-5-9-16(17)22(30)26-23/h2-4,6-8,11-14H,5,9-10H2,1H3,(H,25,29)(H,24,26,30). The Morgan fingerprint density at radius 1 is 1.22 bits per heavy atom. The SMILES string of the molecule is CC(Oc1ccccc1)C(=O)Nc1cc(-c2ccco2)nn1-c1nc2c(c(=O)[nH]1)CCC2. The lowest BCUT2D eigenvalue weighted by molar-refractivity contribution is -0.122. The predicted molar refractivity (Wildman–Crippen MR) is 117 cm³/mol. The van der Waals surface area contributed by atoms with E-state index in [1.165, 1.54) is 10.9 Å². The maximum absolute atomic E-state index is 12.9. The van der Waals surface area contributed by atoms with Crippen LogP contribution in [0.1, 0.15) is 24.6 Å². The number of nitrogens with one attached hydrogen (secondary N) is 2.